The van der Waals surface area contributed by atoms with Gasteiger partial charge in [-0.2, -0.15) is 0 Å². The number of urea groups is 1. The van der Waals surface area contributed by atoms with Crippen molar-refractivity contribution in [1.82, 2.24) is 15.2 Å². The number of nitrogens with one attached hydrogen (secondary N) is 1. The Bertz CT molecular complexity index is 586. The van der Waals surface area contributed by atoms with Gasteiger partial charge in [-0.15, -0.1) is 11.3 Å². The van der Waals surface area contributed by atoms with Gasteiger partial charge in [0, 0.05) is 31.4 Å². The minimum atomic E-state index is -0.162. The Hall–Kier alpha value is -1.92. The van der Waals surface area contributed by atoms with Gasteiger partial charge in [0.15, 0.2) is 0 Å². The van der Waals surface area contributed by atoms with Gasteiger partial charge in [0.2, 0.25) is 0 Å². The van der Waals surface area contributed by atoms with Crippen LogP contribution in [0.25, 0.3) is 0 Å². The quantitative estimate of drug-likeness (QED) is 0.822. The topological polar surface area (TPSA) is 65.5 Å². The van der Waals surface area contributed by atoms with E-state index in [4.69, 9.17) is 5.11 Å². The van der Waals surface area contributed by atoms with Crippen molar-refractivity contribution in [1.29, 1.82) is 0 Å². The molecule has 0 saturated heterocycles. The van der Waals surface area contributed by atoms with E-state index in [1.165, 1.54) is 0 Å². The molecule has 2 aromatic rings. The lowest BCUT2D eigenvalue weighted by molar-refractivity contribution is 0.174. The third-order valence-corrected chi connectivity index (χ3v) is 4.02. The van der Waals surface area contributed by atoms with Crippen LogP contribution in [-0.4, -0.2) is 40.7 Å². The molecule has 1 heterocycles. The molecular formula is C16H21N3O2S. The predicted molar refractivity (Wildman–Crippen MR) is 87.9 cm³/mol. The van der Waals surface area contributed by atoms with Crippen molar-refractivity contribution in [2.75, 3.05) is 19.7 Å². The van der Waals surface area contributed by atoms with Gasteiger partial charge in [-0.25, -0.2) is 9.78 Å². The molecule has 118 valence electrons. The summed E-state index contributed by atoms with van der Waals surface area (Å²) in [5.74, 6) is 0. The first-order chi connectivity index (χ1) is 10.7. The number of aromatic nitrogens is 1. The zero-order chi connectivity index (χ0) is 15.8. The highest BCUT2D eigenvalue weighted by Crippen LogP contribution is 2.08. The third-order valence-electron chi connectivity index (χ3n) is 3.20. The maximum Gasteiger partial charge on any atom is 0.317 e. The minimum absolute atomic E-state index is 0.0501. The van der Waals surface area contributed by atoms with Crippen molar-refractivity contribution in [2.24, 2.45) is 0 Å². The molecule has 0 aliphatic rings. The fraction of sp³-hybridized carbons (Fsp3) is 0.375. The van der Waals surface area contributed by atoms with Crippen LogP contribution < -0.4 is 5.32 Å². The van der Waals surface area contributed by atoms with Crippen molar-refractivity contribution >= 4 is 17.4 Å². The zero-order valence-corrected chi connectivity index (χ0v) is 13.5. The molecule has 0 saturated carbocycles. The van der Waals surface area contributed by atoms with Crippen LogP contribution in [0.15, 0.2) is 35.7 Å². The third kappa shape index (κ3) is 5.13. The van der Waals surface area contributed by atoms with Crippen molar-refractivity contribution in [3.63, 3.8) is 0 Å². The summed E-state index contributed by atoms with van der Waals surface area (Å²) in [6.07, 6.45) is 0.717. The van der Waals surface area contributed by atoms with E-state index in [0.717, 1.165) is 16.3 Å². The van der Waals surface area contributed by atoms with Crippen LogP contribution in [0, 0.1) is 6.92 Å². The first-order valence-electron chi connectivity index (χ1n) is 7.27. The van der Waals surface area contributed by atoms with E-state index in [-0.39, 0.29) is 12.6 Å². The van der Waals surface area contributed by atoms with E-state index < -0.39 is 0 Å². The number of nitrogens with zero attached hydrogens (tertiary/aromatic N) is 2. The van der Waals surface area contributed by atoms with Crippen LogP contribution in [0.5, 0.6) is 0 Å². The van der Waals surface area contributed by atoms with Gasteiger partial charge in [-0.1, -0.05) is 30.3 Å². The standard InChI is InChI=1S/C16H21N3O2S/c1-13-18-15(12-22-13)7-8-17-16(21)19(9-10-20)11-14-5-3-2-4-6-14/h2-6,12,20H,7-11H2,1H3,(H,17,21). The molecule has 1 aromatic heterocycles. The number of carbonyl (C=O) groups is 1. The molecule has 0 spiro atoms. The number of hydrogen-bond donors (Lipinski definition) is 2. The summed E-state index contributed by atoms with van der Waals surface area (Å²) in [6, 6.07) is 9.59. The second-order valence-corrected chi connectivity index (χ2v) is 6.03. The largest absolute Gasteiger partial charge is 0.395 e. The van der Waals surface area contributed by atoms with E-state index in [9.17, 15) is 4.79 Å². The van der Waals surface area contributed by atoms with Crippen molar-refractivity contribution < 1.29 is 9.90 Å². The highest BCUT2D eigenvalue weighted by molar-refractivity contribution is 7.09. The summed E-state index contributed by atoms with van der Waals surface area (Å²) >= 11 is 1.61. The Morgan fingerprint density at radius 2 is 2.14 bits per heavy atom. The summed E-state index contributed by atoms with van der Waals surface area (Å²) in [6.45, 7) is 3.26. The van der Waals surface area contributed by atoms with Crippen LogP contribution in [0.3, 0.4) is 0 Å². The predicted octanol–water partition coefficient (Wildman–Crippen LogP) is 2.20. The molecule has 0 aliphatic heterocycles. The van der Waals surface area contributed by atoms with Gasteiger partial charge >= 0.3 is 6.03 Å². The maximum atomic E-state index is 12.2. The molecule has 0 unspecified atom stereocenters. The number of aliphatic hydroxyl groups excluding tert-OH is 1. The van der Waals surface area contributed by atoms with Gasteiger partial charge in [0.05, 0.1) is 17.3 Å². The molecule has 1 aromatic carbocycles. The molecule has 5 nitrogen and oxygen atoms in total. The molecule has 2 N–H and O–H groups in total. The van der Waals surface area contributed by atoms with Gasteiger partial charge in [-0.3, -0.25) is 0 Å². The van der Waals surface area contributed by atoms with Crippen LogP contribution in [0.4, 0.5) is 4.79 Å². The van der Waals surface area contributed by atoms with E-state index >= 15 is 0 Å². The van der Waals surface area contributed by atoms with Crippen LogP contribution in [-0.2, 0) is 13.0 Å². The smallest absolute Gasteiger partial charge is 0.317 e. The second kappa shape index (κ2) is 8.51. The maximum absolute atomic E-state index is 12.2. The Labute approximate surface area is 134 Å². The molecule has 0 radical (unpaired) electrons. The minimum Gasteiger partial charge on any atom is -0.395 e. The number of hydrogen-bond acceptors (Lipinski definition) is 4. The number of benzene rings is 1. The van der Waals surface area contributed by atoms with Crippen molar-refractivity contribution in [3.8, 4) is 0 Å². The Kier molecular flexibility index (Phi) is 6.36. The number of thiazole rings is 1. The molecule has 0 aliphatic carbocycles. The Morgan fingerprint density at radius 1 is 1.36 bits per heavy atom. The van der Waals surface area contributed by atoms with E-state index in [2.05, 4.69) is 10.3 Å². The summed E-state index contributed by atoms with van der Waals surface area (Å²) in [5, 5.41) is 15.1. The highest BCUT2D eigenvalue weighted by atomic mass is 32.1. The molecule has 22 heavy (non-hydrogen) atoms. The summed E-state index contributed by atoms with van der Waals surface area (Å²) in [7, 11) is 0. The van der Waals surface area contributed by atoms with Crippen LogP contribution in [0.2, 0.25) is 0 Å². The van der Waals surface area contributed by atoms with Crippen LogP contribution >= 0.6 is 11.3 Å². The molecule has 2 rings (SSSR count). The number of carbonyl (C=O) groups excluding carboxylic acids is 1. The SMILES string of the molecule is Cc1nc(CCNC(=O)N(CCO)Cc2ccccc2)cs1. The molecular weight excluding hydrogens is 298 g/mol. The van der Waals surface area contributed by atoms with Crippen LogP contribution in [0.1, 0.15) is 16.3 Å². The number of aryl methyl sites for hydroxylation is 1. The van der Waals surface area contributed by atoms with Crippen molar-refractivity contribution in [2.45, 2.75) is 19.9 Å². The Morgan fingerprint density at radius 3 is 2.77 bits per heavy atom. The van der Waals surface area contributed by atoms with Gasteiger partial charge in [-0.05, 0) is 12.5 Å². The lowest BCUT2D eigenvalue weighted by Gasteiger charge is -2.22. The van der Waals surface area contributed by atoms with Gasteiger partial charge in [0.1, 0.15) is 0 Å². The zero-order valence-electron chi connectivity index (χ0n) is 12.7. The molecule has 0 atom stereocenters. The summed E-state index contributed by atoms with van der Waals surface area (Å²) in [5.41, 5.74) is 2.04. The normalized spacial score (nSPS) is 10.5. The molecule has 0 fully saturated rings. The number of amides is 2. The van der Waals surface area contributed by atoms with E-state index in [1.54, 1.807) is 16.2 Å². The van der Waals surface area contributed by atoms with Crippen molar-refractivity contribution in [3.05, 3.63) is 52.0 Å². The van der Waals surface area contributed by atoms with E-state index in [1.807, 2.05) is 42.6 Å². The second-order valence-electron chi connectivity index (χ2n) is 4.97. The molecule has 2 amide bonds. The molecule has 0 bridgehead atoms. The molecule has 6 heteroatoms. The van der Waals surface area contributed by atoms with Gasteiger partial charge < -0.3 is 15.3 Å². The fourth-order valence-corrected chi connectivity index (χ4v) is 2.76. The first kappa shape index (κ1) is 16.5. The summed E-state index contributed by atoms with van der Waals surface area (Å²) < 4.78 is 0. The number of aliphatic hydroxyl groups is 1. The highest BCUT2D eigenvalue weighted by Gasteiger charge is 2.13. The van der Waals surface area contributed by atoms with E-state index in [0.29, 0.717) is 26.1 Å². The fourth-order valence-electron chi connectivity index (χ4n) is 2.11. The Balaban J connectivity index is 1.83. The average Bonchev–Trinajstić information content (AvgIpc) is 2.93. The average molecular weight is 319 g/mol. The summed E-state index contributed by atoms with van der Waals surface area (Å²) in [4.78, 5) is 18.2. The lowest BCUT2D eigenvalue weighted by atomic mass is 10.2. The lowest BCUT2D eigenvalue weighted by Crippen LogP contribution is -2.41. The monoisotopic (exact) mass is 319 g/mol. The number of rotatable bonds is 7. The van der Waals surface area contributed by atoms with Gasteiger partial charge in [0.25, 0.3) is 0 Å². The first-order valence-corrected chi connectivity index (χ1v) is 8.15.